The Bertz CT molecular complexity index is 272. The maximum absolute atomic E-state index is 10.9. The second-order valence-corrected chi connectivity index (χ2v) is 11.6. The third-order valence-electron chi connectivity index (χ3n) is 3.64. The molecular formula is C13H30NO3Si+. The van der Waals surface area contributed by atoms with Crippen LogP contribution in [0, 0.1) is 0 Å². The molecule has 0 bridgehead atoms. The van der Waals surface area contributed by atoms with Crippen molar-refractivity contribution in [2.45, 2.75) is 57.8 Å². The largest absolute Gasteiger partial charge is 0.481 e. The number of nitrogens with one attached hydrogen (secondary N) is 1. The molecule has 0 aliphatic carbocycles. The molecule has 2 N–H and O–H groups in total. The summed E-state index contributed by atoms with van der Waals surface area (Å²) in [6, 6.07) is 0. The fourth-order valence-corrected chi connectivity index (χ4v) is 2.83. The molecule has 0 amide bonds. The van der Waals surface area contributed by atoms with Crippen molar-refractivity contribution < 1.29 is 19.2 Å². The van der Waals surface area contributed by atoms with Crippen molar-refractivity contribution in [1.29, 1.82) is 0 Å². The second kappa shape index (κ2) is 6.68. The second-order valence-electron chi connectivity index (χ2n) is 6.84. The van der Waals surface area contributed by atoms with Crippen molar-refractivity contribution in [3.8, 4) is 0 Å². The van der Waals surface area contributed by atoms with E-state index < -0.39 is 14.3 Å². The van der Waals surface area contributed by atoms with Gasteiger partial charge in [-0.2, -0.15) is 0 Å². The molecule has 108 valence electrons. The van der Waals surface area contributed by atoms with Gasteiger partial charge in [-0.25, -0.2) is 0 Å². The summed E-state index contributed by atoms with van der Waals surface area (Å²) in [5.74, 6) is -0.771. The van der Waals surface area contributed by atoms with Crippen LogP contribution in [0.4, 0.5) is 0 Å². The Kier molecular flexibility index (Phi) is 6.53. The number of hydrogen-bond donors (Lipinski definition) is 2. The van der Waals surface area contributed by atoms with Gasteiger partial charge in [-0.3, -0.25) is 4.79 Å². The zero-order valence-electron chi connectivity index (χ0n) is 13.0. The van der Waals surface area contributed by atoms with Crippen molar-refractivity contribution in [1.82, 2.24) is 0 Å². The molecule has 0 saturated carbocycles. The molecular weight excluding hydrogens is 246 g/mol. The molecule has 1 atom stereocenters. The van der Waals surface area contributed by atoms with Crippen LogP contribution in [0.5, 0.6) is 0 Å². The van der Waals surface area contributed by atoms with Gasteiger partial charge in [0.05, 0.1) is 33.2 Å². The highest BCUT2D eigenvalue weighted by atomic mass is 28.4. The highest BCUT2D eigenvalue weighted by molar-refractivity contribution is 6.74. The number of carbonyl (C=O) groups is 1. The Balaban J connectivity index is 4.62. The fourth-order valence-electron chi connectivity index (χ4n) is 1.44. The van der Waals surface area contributed by atoms with E-state index >= 15 is 0 Å². The lowest BCUT2D eigenvalue weighted by Crippen LogP contribution is -3.05. The lowest BCUT2D eigenvalue weighted by atomic mass is 10.2. The van der Waals surface area contributed by atoms with Gasteiger partial charge < -0.3 is 14.4 Å². The predicted molar refractivity (Wildman–Crippen MR) is 76.6 cm³/mol. The van der Waals surface area contributed by atoms with Gasteiger partial charge in [0.15, 0.2) is 8.32 Å². The van der Waals surface area contributed by atoms with Crippen LogP contribution in [-0.4, -0.2) is 46.1 Å². The van der Waals surface area contributed by atoms with Crippen molar-refractivity contribution >= 4 is 14.3 Å². The quantitative estimate of drug-likeness (QED) is 0.691. The number of carboxylic acids is 1. The van der Waals surface area contributed by atoms with Gasteiger partial charge in [-0.1, -0.05) is 20.8 Å². The summed E-state index contributed by atoms with van der Waals surface area (Å²) in [5.41, 5.74) is 0. The van der Waals surface area contributed by atoms with Crippen LogP contribution in [0.2, 0.25) is 18.1 Å². The molecule has 0 rings (SSSR count). The van der Waals surface area contributed by atoms with E-state index in [4.69, 9.17) is 9.53 Å². The topological polar surface area (TPSA) is 51.0 Å². The fraction of sp³-hybridized carbons (Fsp3) is 0.923. The van der Waals surface area contributed by atoms with Crippen molar-refractivity contribution in [2.24, 2.45) is 0 Å². The third-order valence-corrected chi connectivity index (χ3v) is 8.17. The number of rotatable bonds is 7. The minimum absolute atomic E-state index is 0.111. The summed E-state index contributed by atoms with van der Waals surface area (Å²) in [6.07, 6.45) is 0.763. The number of aliphatic carboxylic acids is 1. The third kappa shape index (κ3) is 6.52. The molecule has 0 aromatic carbocycles. The Morgan fingerprint density at radius 3 is 2.17 bits per heavy atom. The molecule has 0 unspecified atom stereocenters. The Morgan fingerprint density at radius 2 is 1.83 bits per heavy atom. The molecule has 0 radical (unpaired) electrons. The normalized spacial score (nSPS) is 14.9. The zero-order chi connectivity index (χ0) is 14.6. The van der Waals surface area contributed by atoms with E-state index in [0.29, 0.717) is 0 Å². The van der Waals surface area contributed by atoms with E-state index in [1.807, 2.05) is 0 Å². The van der Waals surface area contributed by atoms with Crippen LogP contribution in [-0.2, 0) is 9.22 Å². The maximum Gasteiger partial charge on any atom is 0.305 e. The van der Waals surface area contributed by atoms with Gasteiger partial charge >= 0.3 is 5.97 Å². The van der Waals surface area contributed by atoms with Gasteiger partial charge in [0.2, 0.25) is 0 Å². The molecule has 0 fully saturated rings. The molecule has 5 heteroatoms. The Labute approximate surface area is 112 Å². The van der Waals surface area contributed by atoms with Crippen molar-refractivity contribution in [3.05, 3.63) is 0 Å². The van der Waals surface area contributed by atoms with E-state index in [1.165, 1.54) is 4.90 Å². The minimum Gasteiger partial charge on any atom is -0.481 e. The average Bonchev–Trinajstić information content (AvgIpc) is 2.10. The first kappa shape index (κ1) is 17.6. The van der Waals surface area contributed by atoms with Gasteiger partial charge in [0.25, 0.3) is 0 Å². The van der Waals surface area contributed by atoms with E-state index in [-0.39, 0.29) is 17.6 Å². The van der Waals surface area contributed by atoms with E-state index in [0.717, 1.165) is 13.0 Å². The highest BCUT2D eigenvalue weighted by Crippen LogP contribution is 2.37. The molecule has 18 heavy (non-hydrogen) atoms. The molecule has 0 spiro atoms. The standard InChI is InChI=1S/C13H29NO3Si/c1-13(2,3)18(6,7)17-11(10-12(15)16)8-9-14(4)5/h11H,8-10H2,1-7H3,(H,15,16)/p+1/t11-/m0/s1. The van der Waals surface area contributed by atoms with E-state index in [2.05, 4.69) is 48.0 Å². The van der Waals surface area contributed by atoms with Crippen molar-refractivity contribution in [3.63, 3.8) is 0 Å². The summed E-state index contributed by atoms with van der Waals surface area (Å²) >= 11 is 0. The number of carboxylic acid groups (broad SMARTS) is 1. The summed E-state index contributed by atoms with van der Waals surface area (Å²) in [7, 11) is 2.27. The van der Waals surface area contributed by atoms with Crippen LogP contribution in [0.3, 0.4) is 0 Å². The number of hydrogen-bond acceptors (Lipinski definition) is 2. The van der Waals surface area contributed by atoms with Crippen LogP contribution in [0.15, 0.2) is 0 Å². The van der Waals surface area contributed by atoms with Gasteiger partial charge in [0.1, 0.15) is 0 Å². The summed E-state index contributed by atoms with van der Waals surface area (Å²) in [5, 5.41) is 9.10. The van der Waals surface area contributed by atoms with Crippen LogP contribution in [0.25, 0.3) is 0 Å². The monoisotopic (exact) mass is 276 g/mol. The highest BCUT2D eigenvalue weighted by Gasteiger charge is 2.39. The summed E-state index contributed by atoms with van der Waals surface area (Å²) < 4.78 is 6.21. The molecule has 0 aliphatic heterocycles. The van der Waals surface area contributed by atoms with Crippen molar-refractivity contribution in [2.75, 3.05) is 20.6 Å². The van der Waals surface area contributed by atoms with Gasteiger partial charge in [-0.15, -0.1) is 0 Å². The first-order chi connectivity index (χ1) is 7.95. The number of quaternary nitrogens is 1. The first-order valence-corrected chi connectivity index (χ1v) is 9.55. The van der Waals surface area contributed by atoms with E-state index in [1.54, 1.807) is 0 Å². The molecule has 4 nitrogen and oxygen atoms in total. The zero-order valence-corrected chi connectivity index (χ0v) is 14.0. The smallest absolute Gasteiger partial charge is 0.305 e. The first-order valence-electron chi connectivity index (χ1n) is 6.64. The van der Waals surface area contributed by atoms with Crippen LogP contribution in [0.1, 0.15) is 33.6 Å². The van der Waals surface area contributed by atoms with Gasteiger partial charge in [-0.05, 0) is 18.1 Å². The molecule has 0 aromatic rings. The summed E-state index contributed by atoms with van der Waals surface area (Å²) in [4.78, 5) is 12.2. The average molecular weight is 276 g/mol. The lowest BCUT2D eigenvalue weighted by molar-refractivity contribution is -0.858. The van der Waals surface area contributed by atoms with Gasteiger partial charge in [0, 0.05) is 6.42 Å². The SMILES string of the molecule is C[NH+](C)CC[C@@H](CC(=O)O)O[Si](C)(C)C(C)(C)C. The molecule has 0 aromatic heterocycles. The molecule has 0 heterocycles. The van der Waals surface area contributed by atoms with E-state index in [9.17, 15) is 4.79 Å². The molecule has 0 saturated heterocycles. The Hall–Kier alpha value is -0.393. The maximum atomic E-state index is 10.9. The van der Waals surface area contributed by atoms with Crippen LogP contribution >= 0.6 is 0 Å². The summed E-state index contributed by atoms with van der Waals surface area (Å²) in [6.45, 7) is 11.8. The predicted octanol–water partition coefficient (Wildman–Crippen LogP) is 1.39. The van der Waals surface area contributed by atoms with Crippen LogP contribution < -0.4 is 4.90 Å². The molecule has 0 aliphatic rings. The lowest BCUT2D eigenvalue weighted by Gasteiger charge is -2.39. The Morgan fingerprint density at radius 1 is 1.33 bits per heavy atom. The minimum atomic E-state index is -1.88.